The Balaban J connectivity index is 1.50. The maximum absolute atomic E-state index is 13.5. The molecule has 5 nitrogen and oxygen atoms in total. The Hall–Kier alpha value is -2.38. The maximum Gasteiger partial charge on any atom is 0.256 e. The predicted octanol–water partition coefficient (Wildman–Crippen LogP) is 3.76. The van der Waals surface area contributed by atoms with Crippen LogP contribution in [-0.4, -0.2) is 42.4 Å². The Morgan fingerprint density at radius 3 is 2.93 bits per heavy atom. The first-order chi connectivity index (χ1) is 13.5. The normalized spacial score (nSPS) is 18.8. The molecular weight excluding hydrogens is 377 g/mol. The largest absolute Gasteiger partial charge is 0.350 e. The molecule has 7 heteroatoms. The van der Waals surface area contributed by atoms with Crippen LogP contribution in [0.5, 0.6) is 0 Å². The van der Waals surface area contributed by atoms with Gasteiger partial charge in [0.2, 0.25) is 0 Å². The number of likely N-dealkylation sites (N-methyl/N-ethyl adjacent to an activating group) is 1. The fourth-order valence-electron chi connectivity index (χ4n) is 3.79. The predicted molar refractivity (Wildman–Crippen MR) is 108 cm³/mol. The summed E-state index contributed by atoms with van der Waals surface area (Å²) in [5.41, 5.74) is 1.36. The van der Waals surface area contributed by atoms with Crippen LogP contribution in [0.15, 0.2) is 46.2 Å². The number of likely N-dealkylation sites (tertiary alicyclic amines) is 1. The van der Waals surface area contributed by atoms with Crippen molar-refractivity contribution < 1.29 is 14.0 Å². The SMILES string of the molecule is CCN1CCC[C@@H]1CNC(=O)c1ccc2c(c1)NC(=O)c1cc(F)ccc1S2. The molecule has 146 valence electrons. The van der Waals surface area contributed by atoms with Gasteiger partial charge in [0, 0.05) is 27.9 Å². The first-order valence-corrected chi connectivity index (χ1v) is 10.3. The molecule has 28 heavy (non-hydrogen) atoms. The van der Waals surface area contributed by atoms with Gasteiger partial charge < -0.3 is 10.6 Å². The number of carbonyl (C=O) groups is 2. The van der Waals surface area contributed by atoms with Crippen LogP contribution < -0.4 is 10.6 Å². The number of amides is 2. The summed E-state index contributed by atoms with van der Waals surface area (Å²) in [4.78, 5) is 29.0. The zero-order valence-corrected chi connectivity index (χ0v) is 16.4. The fourth-order valence-corrected chi connectivity index (χ4v) is 4.78. The van der Waals surface area contributed by atoms with E-state index in [4.69, 9.17) is 0 Å². The van der Waals surface area contributed by atoms with E-state index >= 15 is 0 Å². The van der Waals surface area contributed by atoms with Crippen molar-refractivity contribution in [3.05, 3.63) is 53.3 Å². The molecule has 4 rings (SSSR count). The smallest absolute Gasteiger partial charge is 0.256 e. The second kappa shape index (κ2) is 7.93. The summed E-state index contributed by atoms with van der Waals surface area (Å²) in [5.74, 6) is -0.978. The molecule has 0 radical (unpaired) electrons. The topological polar surface area (TPSA) is 61.4 Å². The number of rotatable bonds is 4. The van der Waals surface area contributed by atoms with Gasteiger partial charge in [0.25, 0.3) is 11.8 Å². The van der Waals surface area contributed by atoms with Crippen molar-refractivity contribution in [3.63, 3.8) is 0 Å². The summed E-state index contributed by atoms with van der Waals surface area (Å²) in [6, 6.07) is 9.83. The van der Waals surface area contributed by atoms with Crippen molar-refractivity contribution in [1.29, 1.82) is 0 Å². The Kier molecular flexibility index (Phi) is 5.37. The number of fused-ring (bicyclic) bond motifs is 2. The van der Waals surface area contributed by atoms with Crippen molar-refractivity contribution >= 4 is 29.3 Å². The van der Waals surface area contributed by atoms with E-state index in [1.54, 1.807) is 18.2 Å². The molecule has 2 aromatic rings. The molecule has 1 fully saturated rings. The molecule has 0 unspecified atom stereocenters. The van der Waals surface area contributed by atoms with Crippen LogP contribution in [0.25, 0.3) is 0 Å². The molecule has 0 bridgehead atoms. The third-order valence-electron chi connectivity index (χ3n) is 5.30. The van der Waals surface area contributed by atoms with E-state index in [2.05, 4.69) is 22.5 Å². The number of hydrogen-bond acceptors (Lipinski definition) is 4. The summed E-state index contributed by atoms with van der Waals surface area (Å²) in [6.45, 7) is 4.83. The molecule has 0 aromatic heterocycles. The molecule has 0 saturated carbocycles. The highest BCUT2D eigenvalue weighted by Gasteiger charge is 2.24. The molecule has 2 aliphatic heterocycles. The van der Waals surface area contributed by atoms with E-state index in [1.165, 1.54) is 23.9 Å². The van der Waals surface area contributed by atoms with E-state index < -0.39 is 5.82 Å². The van der Waals surface area contributed by atoms with Crippen molar-refractivity contribution in [3.8, 4) is 0 Å². The highest BCUT2D eigenvalue weighted by Crippen LogP contribution is 2.39. The molecule has 1 atom stereocenters. The zero-order chi connectivity index (χ0) is 19.7. The number of halogens is 1. The summed E-state index contributed by atoms with van der Waals surface area (Å²) in [6.07, 6.45) is 2.26. The number of hydrogen-bond donors (Lipinski definition) is 2. The Morgan fingerprint density at radius 2 is 2.11 bits per heavy atom. The molecular formula is C21H22FN3O2S. The van der Waals surface area contributed by atoms with Gasteiger partial charge in [-0.2, -0.15) is 0 Å². The van der Waals surface area contributed by atoms with Gasteiger partial charge in [-0.15, -0.1) is 0 Å². The van der Waals surface area contributed by atoms with Crippen LogP contribution in [-0.2, 0) is 0 Å². The van der Waals surface area contributed by atoms with Crippen molar-refractivity contribution in [2.45, 2.75) is 35.6 Å². The third kappa shape index (κ3) is 3.77. The molecule has 1 saturated heterocycles. The molecule has 2 N–H and O–H groups in total. The number of anilines is 1. The summed E-state index contributed by atoms with van der Waals surface area (Å²) >= 11 is 1.38. The number of nitrogens with zero attached hydrogens (tertiary/aromatic N) is 1. The lowest BCUT2D eigenvalue weighted by Gasteiger charge is -2.23. The van der Waals surface area contributed by atoms with Gasteiger partial charge in [-0.05, 0) is 62.3 Å². The van der Waals surface area contributed by atoms with Gasteiger partial charge in [-0.25, -0.2) is 4.39 Å². The third-order valence-corrected chi connectivity index (χ3v) is 6.45. The van der Waals surface area contributed by atoms with Crippen LogP contribution in [0.3, 0.4) is 0 Å². The first kappa shape index (κ1) is 19.0. The molecule has 2 aliphatic rings. The van der Waals surface area contributed by atoms with Crippen LogP contribution in [0, 0.1) is 5.82 Å². The fraction of sp³-hybridized carbons (Fsp3) is 0.333. The lowest BCUT2D eigenvalue weighted by molar-refractivity contribution is 0.0940. The summed E-state index contributed by atoms with van der Waals surface area (Å²) in [5, 5.41) is 5.81. The van der Waals surface area contributed by atoms with Gasteiger partial charge >= 0.3 is 0 Å². The van der Waals surface area contributed by atoms with Crippen molar-refractivity contribution in [1.82, 2.24) is 10.2 Å². The van der Waals surface area contributed by atoms with Crippen LogP contribution in [0.4, 0.5) is 10.1 Å². The molecule has 2 heterocycles. The highest BCUT2D eigenvalue weighted by atomic mass is 32.2. The zero-order valence-electron chi connectivity index (χ0n) is 15.6. The van der Waals surface area contributed by atoms with Gasteiger partial charge in [0.15, 0.2) is 0 Å². The van der Waals surface area contributed by atoms with Crippen LogP contribution in [0.2, 0.25) is 0 Å². The molecule has 0 aliphatic carbocycles. The van der Waals surface area contributed by atoms with Gasteiger partial charge in [-0.1, -0.05) is 18.7 Å². The van der Waals surface area contributed by atoms with Crippen LogP contribution >= 0.6 is 11.8 Å². The highest BCUT2D eigenvalue weighted by molar-refractivity contribution is 7.99. The lowest BCUT2D eigenvalue weighted by atomic mass is 10.1. The Labute approximate surface area is 167 Å². The van der Waals surface area contributed by atoms with E-state index in [0.717, 1.165) is 30.8 Å². The number of carbonyl (C=O) groups excluding carboxylic acids is 2. The summed E-state index contributed by atoms with van der Waals surface area (Å²) < 4.78 is 13.5. The summed E-state index contributed by atoms with van der Waals surface area (Å²) in [7, 11) is 0. The lowest BCUT2D eigenvalue weighted by Crippen LogP contribution is -2.40. The molecule has 0 spiro atoms. The van der Waals surface area contributed by atoms with E-state index in [0.29, 0.717) is 34.3 Å². The molecule has 2 amide bonds. The van der Waals surface area contributed by atoms with Gasteiger partial charge in [-0.3, -0.25) is 14.5 Å². The monoisotopic (exact) mass is 399 g/mol. The molecule has 2 aromatic carbocycles. The van der Waals surface area contributed by atoms with Gasteiger partial charge in [0.1, 0.15) is 5.82 Å². The van der Waals surface area contributed by atoms with Gasteiger partial charge in [0.05, 0.1) is 11.3 Å². The average Bonchev–Trinajstić information content (AvgIpc) is 3.10. The minimum absolute atomic E-state index is 0.155. The quantitative estimate of drug-likeness (QED) is 0.822. The maximum atomic E-state index is 13.5. The second-order valence-electron chi connectivity index (χ2n) is 7.04. The number of nitrogens with one attached hydrogen (secondary N) is 2. The van der Waals surface area contributed by atoms with Crippen molar-refractivity contribution in [2.24, 2.45) is 0 Å². The van der Waals surface area contributed by atoms with E-state index in [1.807, 2.05) is 6.07 Å². The average molecular weight is 399 g/mol. The minimum atomic E-state index is -0.450. The first-order valence-electron chi connectivity index (χ1n) is 9.50. The van der Waals surface area contributed by atoms with Crippen molar-refractivity contribution in [2.75, 3.05) is 25.0 Å². The minimum Gasteiger partial charge on any atom is -0.350 e. The second-order valence-corrected chi connectivity index (χ2v) is 8.13. The van der Waals surface area contributed by atoms with Crippen LogP contribution in [0.1, 0.15) is 40.5 Å². The Bertz CT molecular complexity index is 934. The number of benzene rings is 2. The van der Waals surface area contributed by atoms with E-state index in [-0.39, 0.29) is 11.8 Å². The Morgan fingerprint density at radius 1 is 1.29 bits per heavy atom. The standard InChI is InChI=1S/C21H22FN3O2S/c1-2-25-9-3-4-15(25)12-23-20(26)13-5-7-19-17(10-13)24-21(27)16-11-14(22)6-8-18(16)28-19/h5-8,10-11,15H,2-4,9,12H2,1H3,(H,23,26)(H,24,27)/t15-/m1/s1. The van der Waals surface area contributed by atoms with E-state index in [9.17, 15) is 14.0 Å².